The van der Waals surface area contributed by atoms with E-state index in [0.29, 0.717) is 10.9 Å². The van der Waals surface area contributed by atoms with Crippen molar-refractivity contribution >= 4 is 43.8 Å². The second kappa shape index (κ2) is 6.46. The van der Waals surface area contributed by atoms with E-state index in [9.17, 15) is 9.59 Å². The highest BCUT2D eigenvalue weighted by Gasteiger charge is 2.21. The van der Waals surface area contributed by atoms with Gasteiger partial charge in [-0.3, -0.25) is 13.9 Å². The normalized spacial score (nSPS) is 15.9. The molecule has 1 N–H and O–H groups in total. The van der Waals surface area contributed by atoms with E-state index in [1.807, 2.05) is 6.07 Å². The first kappa shape index (κ1) is 16.5. The molecule has 114 valence electrons. The molecule has 5 nitrogen and oxygen atoms in total. The van der Waals surface area contributed by atoms with E-state index in [-0.39, 0.29) is 34.3 Å². The Kier molecular flexibility index (Phi) is 5.06. The van der Waals surface area contributed by atoms with Gasteiger partial charge in [-0.25, -0.2) is 4.79 Å². The predicted molar refractivity (Wildman–Crippen MR) is 92.6 cm³/mol. The third-order valence-corrected chi connectivity index (χ3v) is 4.43. The minimum atomic E-state index is -0.225. The minimum Gasteiger partial charge on any atom is -0.317 e. The number of benzene rings is 1. The molecule has 2 aromatic rings. The van der Waals surface area contributed by atoms with Crippen molar-refractivity contribution in [1.29, 1.82) is 0 Å². The van der Waals surface area contributed by atoms with Gasteiger partial charge < -0.3 is 5.32 Å². The fourth-order valence-corrected chi connectivity index (χ4v) is 3.20. The summed E-state index contributed by atoms with van der Waals surface area (Å²) >= 11 is 3.38. The van der Waals surface area contributed by atoms with E-state index in [2.05, 4.69) is 21.2 Å². The Bertz CT molecular complexity index is 776. The van der Waals surface area contributed by atoms with Crippen LogP contribution in [0.2, 0.25) is 0 Å². The Hall–Kier alpha value is -0.920. The van der Waals surface area contributed by atoms with Crippen LogP contribution in [0.4, 0.5) is 0 Å². The Morgan fingerprint density at radius 3 is 2.57 bits per heavy atom. The molecule has 1 aromatic carbocycles. The lowest BCUT2D eigenvalue weighted by molar-refractivity contribution is 0.347. The average Bonchev–Trinajstić information content (AvgIpc) is 2.46. The van der Waals surface area contributed by atoms with Crippen molar-refractivity contribution in [3.05, 3.63) is 43.5 Å². The molecule has 0 unspecified atom stereocenters. The highest BCUT2D eigenvalue weighted by Crippen LogP contribution is 2.18. The summed E-state index contributed by atoms with van der Waals surface area (Å²) in [6.07, 6.45) is 1.63. The van der Waals surface area contributed by atoms with Crippen LogP contribution in [0.1, 0.15) is 18.9 Å². The number of nitrogens with one attached hydrogen (secondary N) is 1. The molecule has 0 radical (unpaired) electrons. The van der Waals surface area contributed by atoms with Gasteiger partial charge in [-0.05, 0) is 44.1 Å². The maximum atomic E-state index is 12.7. The van der Waals surface area contributed by atoms with Crippen LogP contribution >= 0.6 is 32.9 Å². The summed E-state index contributed by atoms with van der Waals surface area (Å²) in [6.45, 7) is 1.69. The van der Waals surface area contributed by atoms with Crippen molar-refractivity contribution in [2.45, 2.75) is 18.9 Å². The van der Waals surface area contributed by atoms with Crippen molar-refractivity contribution < 1.29 is 0 Å². The first-order valence-electron chi connectivity index (χ1n) is 6.71. The van der Waals surface area contributed by atoms with Crippen LogP contribution in [0.3, 0.4) is 0 Å². The SMILES string of the molecule is Br.Cn1c(=O)n(C2CCNCC2)c(=O)c2cc(Br)ccc21. The van der Waals surface area contributed by atoms with Gasteiger partial charge in [-0.15, -0.1) is 17.0 Å². The fourth-order valence-electron chi connectivity index (χ4n) is 2.84. The van der Waals surface area contributed by atoms with Gasteiger partial charge in [0, 0.05) is 17.6 Å². The van der Waals surface area contributed by atoms with Gasteiger partial charge in [0.25, 0.3) is 5.56 Å². The maximum absolute atomic E-state index is 12.7. The summed E-state index contributed by atoms with van der Waals surface area (Å²) in [6, 6.07) is 5.42. The monoisotopic (exact) mass is 417 g/mol. The molecular weight excluding hydrogens is 402 g/mol. The molecule has 21 heavy (non-hydrogen) atoms. The van der Waals surface area contributed by atoms with Gasteiger partial charge in [0.05, 0.1) is 10.9 Å². The minimum absolute atomic E-state index is 0. The average molecular weight is 419 g/mol. The molecule has 2 heterocycles. The van der Waals surface area contributed by atoms with Crippen LogP contribution in [0.25, 0.3) is 10.9 Å². The summed E-state index contributed by atoms with van der Waals surface area (Å²) < 4.78 is 3.83. The fraction of sp³-hybridized carbons (Fsp3) is 0.429. The van der Waals surface area contributed by atoms with E-state index in [1.54, 1.807) is 23.7 Å². The quantitative estimate of drug-likeness (QED) is 0.770. The summed E-state index contributed by atoms with van der Waals surface area (Å²) in [5.41, 5.74) is 0.265. The molecule has 0 aliphatic carbocycles. The number of aromatic nitrogens is 2. The summed E-state index contributed by atoms with van der Waals surface area (Å²) in [5, 5.41) is 3.84. The van der Waals surface area contributed by atoms with Crippen LogP contribution < -0.4 is 16.6 Å². The first-order chi connectivity index (χ1) is 9.59. The lowest BCUT2D eigenvalue weighted by atomic mass is 10.1. The van der Waals surface area contributed by atoms with Crippen LogP contribution in [0.15, 0.2) is 32.3 Å². The number of fused-ring (bicyclic) bond motifs is 1. The number of aryl methyl sites for hydroxylation is 1. The van der Waals surface area contributed by atoms with E-state index in [1.165, 1.54) is 4.57 Å². The number of piperidine rings is 1. The maximum Gasteiger partial charge on any atom is 0.331 e. The third kappa shape index (κ3) is 2.86. The standard InChI is InChI=1S/C14H16BrN3O2.BrH/c1-17-12-3-2-9(15)8-11(12)13(19)18(14(17)20)10-4-6-16-7-5-10;/h2-3,8,10,16H,4-7H2,1H3;1H. The molecule has 0 spiro atoms. The predicted octanol–water partition coefficient (Wildman–Crippen LogP) is 1.97. The van der Waals surface area contributed by atoms with Gasteiger partial charge in [0.1, 0.15) is 0 Å². The van der Waals surface area contributed by atoms with Crippen LogP contribution in [-0.2, 0) is 7.05 Å². The molecule has 1 aromatic heterocycles. The topological polar surface area (TPSA) is 56.0 Å². The molecule has 0 bridgehead atoms. The summed E-state index contributed by atoms with van der Waals surface area (Å²) in [7, 11) is 1.72. The molecule has 1 aliphatic rings. The van der Waals surface area contributed by atoms with E-state index in [0.717, 1.165) is 30.4 Å². The lowest BCUT2D eigenvalue weighted by Gasteiger charge is -2.24. The molecule has 3 rings (SSSR count). The molecule has 1 fully saturated rings. The van der Waals surface area contributed by atoms with Crippen molar-refractivity contribution in [2.24, 2.45) is 7.05 Å². The number of nitrogens with zero attached hydrogens (tertiary/aromatic N) is 2. The summed E-state index contributed by atoms with van der Waals surface area (Å²) in [4.78, 5) is 25.1. The number of hydrogen-bond acceptors (Lipinski definition) is 3. The highest BCUT2D eigenvalue weighted by molar-refractivity contribution is 9.10. The second-order valence-electron chi connectivity index (χ2n) is 5.16. The molecule has 0 amide bonds. The van der Waals surface area contributed by atoms with Crippen LogP contribution in [0.5, 0.6) is 0 Å². The number of rotatable bonds is 1. The molecule has 7 heteroatoms. The van der Waals surface area contributed by atoms with Crippen molar-refractivity contribution in [3.63, 3.8) is 0 Å². The zero-order valence-corrected chi connectivity index (χ0v) is 14.9. The van der Waals surface area contributed by atoms with Gasteiger partial charge in [0.2, 0.25) is 0 Å². The van der Waals surface area contributed by atoms with Crippen molar-refractivity contribution in [3.8, 4) is 0 Å². The van der Waals surface area contributed by atoms with Crippen molar-refractivity contribution in [2.75, 3.05) is 13.1 Å². The summed E-state index contributed by atoms with van der Waals surface area (Å²) in [5.74, 6) is 0. The molecular formula is C14H17Br2N3O2. The van der Waals surface area contributed by atoms with Crippen LogP contribution in [-0.4, -0.2) is 22.2 Å². The van der Waals surface area contributed by atoms with E-state index in [4.69, 9.17) is 0 Å². The van der Waals surface area contributed by atoms with Gasteiger partial charge >= 0.3 is 5.69 Å². The smallest absolute Gasteiger partial charge is 0.317 e. The van der Waals surface area contributed by atoms with Gasteiger partial charge in [0.15, 0.2) is 0 Å². The third-order valence-electron chi connectivity index (χ3n) is 3.94. The Morgan fingerprint density at radius 2 is 1.90 bits per heavy atom. The van der Waals surface area contributed by atoms with E-state index >= 15 is 0 Å². The van der Waals surface area contributed by atoms with Gasteiger partial charge in [-0.2, -0.15) is 0 Å². The largest absolute Gasteiger partial charge is 0.331 e. The van der Waals surface area contributed by atoms with Crippen LogP contribution in [0, 0.1) is 0 Å². The zero-order valence-electron chi connectivity index (χ0n) is 11.6. The molecule has 0 atom stereocenters. The molecule has 0 saturated carbocycles. The number of halogens is 2. The Morgan fingerprint density at radius 1 is 1.24 bits per heavy atom. The van der Waals surface area contributed by atoms with Crippen molar-refractivity contribution in [1.82, 2.24) is 14.5 Å². The van der Waals surface area contributed by atoms with Gasteiger partial charge in [-0.1, -0.05) is 15.9 Å². The molecule has 1 aliphatic heterocycles. The lowest BCUT2D eigenvalue weighted by Crippen LogP contribution is -2.44. The Labute approximate surface area is 140 Å². The van der Waals surface area contributed by atoms with E-state index < -0.39 is 0 Å². The second-order valence-corrected chi connectivity index (χ2v) is 6.08. The highest BCUT2D eigenvalue weighted by atomic mass is 79.9. The zero-order chi connectivity index (χ0) is 14.3. The molecule has 1 saturated heterocycles. The number of hydrogen-bond donors (Lipinski definition) is 1. The first-order valence-corrected chi connectivity index (χ1v) is 7.50. The Balaban J connectivity index is 0.00000161.